The summed E-state index contributed by atoms with van der Waals surface area (Å²) >= 11 is 0. The van der Waals surface area contributed by atoms with E-state index in [0.29, 0.717) is 11.6 Å². The smallest absolute Gasteiger partial charge is 0.229 e. The molecule has 0 spiro atoms. The van der Waals surface area contributed by atoms with Gasteiger partial charge >= 0.3 is 0 Å². The first-order valence-electron chi connectivity index (χ1n) is 11.4. The molecule has 33 heavy (non-hydrogen) atoms. The lowest BCUT2D eigenvalue weighted by Crippen LogP contribution is -2.28. The lowest BCUT2D eigenvalue weighted by atomic mass is 9.94. The summed E-state index contributed by atoms with van der Waals surface area (Å²) in [6.07, 6.45) is 4.66. The predicted octanol–water partition coefficient (Wildman–Crippen LogP) is 4.32. The Labute approximate surface area is 194 Å². The van der Waals surface area contributed by atoms with Crippen LogP contribution in [0.2, 0.25) is 0 Å². The minimum atomic E-state index is -3.36. The molecule has 0 unspecified atom stereocenters. The number of hydrogen-bond donors (Lipinski definition) is 2. The monoisotopic (exact) mass is 463 g/mol. The second-order valence-electron chi connectivity index (χ2n) is 8.94. The third-order valence-corrected chi connectivity index (χ3v) is 7.01. The lowest BCUT2D eigenvalue weighted by Gasteiger charge is -2.23. The van der Waals surface area contributed by atoms with Gasteiger partial charge in [0.2, 0.25) is 10.0 Å². The second-order valence-corrected chi connectivity index (χ2v) is 10.7. The van der Waals surface area contributed by atoms with Crippen molar-refractivity contribution < 1.29 is 8.42 Å². The first-order valence-corrected chi connectivity index (χ1v) is 13.3. The van der Waals surface area contributed by atoms with E-state index < -0.39 is 10.0 Å². The van der Waals surface area contributed by atoms with E-state index in [1.165, 1.54) is 12.8 Å². The summed E-state index contributed by atoms with van der Waals surface area (Å²) in [6, 6.07) is 15.8. The lowest BCUT2D eigenvalue weighted by molar-refractivity contribution is 0.340. The van der Waals surface area contributed by atoms with Gasteiger partial charge in [-0.15, -0.1) is 0 Å². The van der Waals surface area contributed by atoms with Crippen LogP contribution in [0.4, 0.5) is 5.69 Å². The molecule has 1 aliphatic rings. The largest absolute Gasteiger partial charge is 0.323 e. The van der Waals surface area contributed by atoms with Crippen LogP contribution in [0, 0.1) is 12.8 Å². The van der Waals surface area contributed by atoms with Crippen molar-refractivity contribution >= 4 is 37.6 Å². The number of fused-ring (bicyclic) bond motifs is 3. The maximum absolute atomic E-state index is 11.7. The summed E-state index contributed by atoms with van der Waals surface area (Å²) in [5.74, 6) is 1.65. The fraction of sp³-hybridized carbons (Fsp3) is 0.360. The highest BCUT2D eigenvalue weighted by atomic mass is 32.2. The molecule has 4 aromatic rings. The molecule has 0 bridgehead atoms. The van der Waals surface area contributed by atoms with Crippen LogP contribution in [-0.2, 0) is 16.6 Å². The second kappa shape index (κ2) is 8.76. The topological polar surface area (TPSA) is 88.9 Å². The number of imidazole rings is 1. The maximum atomic E-state index is 11.7. The Hall–Kier alpha value is -2.97. The quantitative estimate of drug-likeness (QED) is 0.445. The molecule has 2 aromatic heterocycles. The van der Waals surface area contributed by atoms with Gasteiger partial charge in [-0.25, -0.2) is 13.4 Å². The summed E-state index contributed by atoms with van der Waals surface area (Å²) in [4.78, 5) is 9.83. The Balaban J connectivity index is 1.67. The number of piperidine rings is 1. The molecule has 172 valence electrons. The molecule has 7 nitrogen and oxygen atoms in total. The van der Waals surface area contributed by atoms with E-state index in [1.807, 2.05) is 31.2 Å². The van der Waals surface area contributed by atoms with E-state index in [9.17, 15) is 8.42 Å². The maximum Gasteiger partial charge on any atom is 0.229 e. The Morgan fingerprint density at radius 2 is 1.85 bits per heavy atom. The van der Waals surface area contributed by atoms with Gasteiger partial charge in [-0.1, -0.05) is 30.3 Å². The van der Waals surface area contributed by atoms with Gasteiger partial charge in [0, 0.05) is 17.5 Å². The Morgan fingerprint density at radius 1 is 1.09 bits per heavy atom. The summed E-state index contributed by atoms with van der Waals surface area (Å²) in [5.41, 5.74) is 5.16. The van der Waals surface area contributed by atoms with Crippen molar-refractivity contribution in [1.29, 1.82) is 0 Å². The van der Waals surface area contributed by atoms with Crippen molar-refractivity contribution in [2.24, 2.45) is 5.92 Å². The van der Waals surface area contributed by atoms with E-state index in [0.717, 1.165) is 71.3 Å². The number of rotatable bonds is 6. The molecule has 0 amide bonds. The summed E-state index contributed by atoms with van der Waals surface area (Å²) in [5, 5.41) is 4.43. The Kier molecular flexibility index (Phi) is 5.80. The molecule has 3 heterocycles. The molecule has 0 aliphatic carbocycles. The fourth-order valence-electron chi connectivity index (χ4n) is 4.82. The third-order valence-electron chi connectivity index (χ3n) is 6.41. The van der Waals surface area contributed by atoms with Gasteiger partial charge in [-0.05, 0) is 63.4 Å². The molecular weight excluding hydrogens is 434 g/mol. The first-order chi connectivity index (χ1) is 15.9. The highest BCUT2D eigenvalue weighted by Crippen LogP contribution is 2.33. The number of nitrogens with one attached hydrogen (secondary N) is 2. The van der Waals surface area contributed by atoms with Gasteiger partial charge in [0.15, 0.2) is 0 Å². The van der Waals surface area contributed by atoms with Gasteiger partial charge < -0.3 is 9.88 Å². The molecular formula is C25H29N5O2S. The van der Waals surface area contributed by atoms with Crippen molar-refractivity contribution in [2.45, 2.75) is 32.7 Å². The molecule has 2 N–H and O–H groups in total. The first kappa shape index (κ1) is 21.9. The van der Waals surface area contributed by atoms with Crippen LogP contribution >= 0.6 is 0 Å². The summed E-state index contributed by atoms with van der Waals surface area (Å²) in [7, 11) is -3.36. The van der Waals surface area contributed by atoms with E-state index in [1.54, 1.807) is 12.1 Å². The number of pyridine rings is 1. The van der Waals surface area contributed by atoms with Crippen LogP contribution in [0.15, 0.2) is 48.5 Å². The van der Waals surface area contributed by atoms with Crippen molar-refractivity contribution in [3.63, 3.8) is 0 Å². The highest BCUT2D eigenvalue weighted by molar-refractivity contribution is 7.92. The normalized spacial score (nSPS) is 15.3. The van der Waals surface area contributed by atoms with Gasteiger partial charge in [0.25, 0.3) is 0 Å². The van der Waals surface area contributed by atoms with Gasteiger partial charge in [-0.2, -0.15) is 0 Å². The number of nitrogens with zero attached hydrogens (tertiary/aromatic N) is 3. The van der Waals surface area contributed by atoms with E-state index in [2.05, 4.69) is 26.7 Å². The number of benzene rings is 2. The summed E-state index contributed by atoms with van der Waals surface area (Å²) < 4.78 is 28.3. The molecule has 0 radical (unpaired) electrons. The van der Waals surface area contributed by atoms with Crippen LogP contribution in [0.1, 0.15) is 25.0 Å². The Morgan fingerprint density at radius 3 is 2.58 bits per heavy atom. The van der Waals surface area contributed by atoms with Crippen LogP contribution in [0.25, 0.3) is 33.3 Å². The van der Waals surface area contributed by atoms with Crippen LogP contribution in [0.3, 0.4) is 0 Å². The van der Waals surface area contributed by atoms with Crippen molar-refractivity contribution in [3.8, 4) is 11.4 Å². The minimum absolute atomic E-state index is 0.514. The van der Waals surface area contributed by atoms with Crippen LogP contribution in [0.5, 0.6) is 0 Å². The van der Waals surface area contributed by atoms with Crippen LogP contribution in [-0.4, -0.2) is 42.3 Å². The zero-order valence-electron chi connectivity index (χ0n) is 19.0. The minimum Gasteiger partial charge on any atom is -0.323 e. The van der Waals surface area contributed by atoms with Crippen LogP contribution < -0.4 is 10.0 Å². The average molecular weight is 464 g/mol. The van der Waals surface area contributed by atoms with E-state index in [4.69, 9.17) is 9.97 Å². The number of sulfonamides is 1. The summed E-state index contributed by atoms with van der Waals surface area (Å²) in [6.45, 7) is 5.02. The average Bonchev–Trinajstić information content (AvgIpc) is 3.18. The third kappa shape index (κ3) is 4.58. The number of anilines is 1. The fourth-order valence-corrected chi connectivity index (χ4v) is 5.38. The molecule has 1 fully saturated rings. The highest BCUT2D eigenvalue weighted by Gasteiger charge is 2.20. The van der Waals surface area contributed by atoms with Crippen molar-refractivity contribution in [3.05, 3.63) is 54.2 Å². The van der Waals surface area contributed by atoms with Gasteiger partial charge in [-0.3, -0.25) is 9.71 Å². The predicted molar refractivity (Wildman–Crippen MR) is 134 cm³/mol. The van der Waals surface area contributed by atoms with Gasteiger partial charge in [0.1, 0.15) is 11.3 Å². The van der Waals surface area contributed by atoms with Crippen molar-refractivity contribution in [1.82, 2.24) is 19.9 Å². The molecule has 5 rings (SSSR count). The van der Waals surface area contributed by atoms with E-state index >= 15 is 0 Å². The standard InChI is InChI=1S/C25H29N5O2S/c1-17-23-24(21-9-8-20(16-22(21)27-17)29-33(2,31)32)30(15-12-18-10-13-26-14-11-18)25(28-23)19-6-4-3-5-7-19/h3-9,16,18,26,29H,10-15H2,1-2H3. The Bertz CT molecular complexity index is 1410. The number of aryl methyl sites for hydroxylation is 2. The zero-order chi connectivity index (χ0) is 23.0. The van der Waals surface area contributed by atoms with Gasteiger partial charge in [0.05, 0.1) is 28.7 Å². The molecule has 1 saturated heterocycles. The molecule has 0 saturated carbocycles. The molecule has 1 aliphatic heterocycles. The molecule has 2 aromatic carbocycles. The SMILES string of the molecule is Cc1nc2cc(NS(C)(=O)=O)ccc2c2c1nc(-c1ccccc1)n2CCC1CCNCC1. The molecule has 8 heteroatoms. The molecule has 0 atom stereocenters. The van der Waals surface area contributed by atoms with Crippen molar-refractivity contribution in [2.75, 3.05) is 24.1 Å². The zero-order valence-corrected chi connectivity index (χ0v) is 19.8. The number of aromatic nitrogens is 3. The number of hydrogen-bond acceptors (Lipinski definition) is 5. The van der Waals surface area contributed by atoms with E-state index in [-0.39, 0.29) is 0 Å².